The van der Waals surface area contributed by atoms with Crippen molar-refractivity contribution in [1.82, 2.24) is 36.0 Å². The van der Waals surface area contributed by atoms with Crippen LogP contribution in [-0.4, -0.2) is 79.6 Å². The first kappa shape index (κ1) is 39.7. The second kappa shape index (κ2) is 15.8. The van der Waals surface area contributed by atoms with Gasteiger partial charge in [-0.05, 0) is 67.7 Å². The Bertz CT molecular complexity index is 2160. The Labute approximate surface area is 336 Å². The summed E-state index contributed by atoms with van der Waals surface area (Å²) in [6.07, 6.45) is 3.50. The van der Waals surface area contributed by atoms with E-state index < -0.39 is 23.4 Å². The van der Waals surface area contributed by atoms with Crippen molar-refractivity contribution >= 4 is 40.8 Å². The maximum absolute atomic E-state index is 14.0. The molecular weight excluding hydrogens is 745 g/mol. The molecule has 4 amide bonds. The van der Waals surface area contributed by atoms with E-state index in [2.05, 4.69) is 31.1 Å². The Morgan fingerprint density at radius 3 is 2.49 bits per heavy atom. The molecule has 3 heterocycles. The Morgan fingerprint density at radius 2 is 1.79 bits per heavy atom. The number of amides is 4. The average Bonchev–Trinajstić information content (AvgIpc) is 3.67. The molecule has 2 unspecified atom stereocenters. The molecule has 0 bridgehead atoms. The molecule has 1 saturated heterocycles. The number of nitrogens with one attached hydrogen (secondary N) is 3. The number of carbonyl (C=O) groups excluding carboxylic acids is 4. The summed E-state index contributed by atoms with van der Waals surface area (Å²) < 4.78 is 5.97. The van der Waals surface area contributed by atoms with Crippen molar-refractivity contribution in [3.63, 3.8) is 0 Å². The van der Waals surface area contributed by atoms with Gasteiger partial charge >= 0.3 is 0 Å². The van der Waals surface area contributed by atoms with Crippen LogP contribution in [0.1, 0.15) is 77.0 Å². The standard InChI is InChI=1S/C42H50N8O6S/c1-25-35(57-24-45-25)27-13-11-26(12-14-27)21-44-38(54)30-9-7-18-50(30)39(55)36(40(2,3)4)46-33(52)15-16-34(53)47-42-22-41(42,23-42)17-19-56-32-20-29(48-49-37(32)43)28-8-5-6-10-31(28)51/h5-6,8,10-14,20,24,30,36,51H,7,9,15-19,21-23H2,1-4H3,(H2,43,49)(H,44,54)(H,46,52)(H,47,53). The number of fused-ring (bicyclic) bond motifs is 1. The molecule has 300 valence electrons. The third kappa shape index (κ3) is 8.58. The van der Waals surface area contributed by atoms with Crippen LogP contribution in [0.25, 0.3) is 21.7 Å². The maximum Gasteiger partial charge on any atom is 0.246 e. The predicted molar refractivity (Wildman–Crippen MR) is 216 cm³/mol. The fourth-order valence-electron chi connectivity index (χ4n) is 7.90. The minimum absolute atomic E-state index is 0.0148. The zero-order valence-corrected chi connectivity index (χ0v) is 33.6. The highest BCUT2D eigenvalue weighted by Crippen LogP contribution is 2.80. The third-order valence-corrected chi connectivity index (χ3v) is 12.5. The number of aromatic hydroxyl groups is 1. The van der Waals surface area contributed by atoms with E-state index in [1.54, 1.807) is 46.6 Å². The smallest absolute Gasteiger partial charge is 0.246 e. The Balaban J connectivity index is 0.857. The average molecular weight is 795 g/mol. The van der Waals surface area contributed by atoms with Gasteiger partial charge in [-0.25, -0.2) is 4.98 Å². The summed E-state index contributed by atoms with van der Waals surface area (Å²) in [5.41, 5.74) is 10.8. The Kier molecular flexibility index (Phi) is 11.0. The number of ether oxygens (including phenoxy) is 1. The molecular formula is C42H50N8O6S. The lowest BCUT2D eigenvalue weighted by Crippen LogP contribution is -2.57. The number of aryl methyl sites for hydroxylation is 1. The number of phenols is 1. The van der Waals surface area contributed by atoms with Crippen molar-refractivity contribution < 1.29 is 29.0 Å². The number of thiazole rings is 1. The number of likely N-dealkylation sites (tertiary alicyclic amines) is 1. The van der Waals surface area contributed by atoms with Gasteiger partial charge in [0.15, 0.2) is 11.6 Å². The Hall–Kier alpha value is -5.57. The molecule has 3 fully saturated rings. The molecule has 7 rings (SSSR count). The number of nitrogens with zero attached hydrogens (tertiary/aromatic N) is 4. The van der Waals surface area contributed by atoms with E-state index in [1.807, 2.05) is 57.5 Å². The van der Waals surface area contributed by atoms with Gasteiger partial charge in [0.2, 0.25) is 23.6 Å². The summed E-state index contributed by atoms with van der Waals surface area (Å²) in [6, 6.07) is 15.0. The molecule has 4 aromatic rings. The predicted octanol–water partition coefficient (Wildman–Crippen LogP) is 4.90. The number of carbonyl (C=O) groups is 4. The molecule has 15 heteroatoms. The monoisotopic (exact) mass is 794 g/mol. The van der Waals surface area contributed by atoms with Crippen LogP contribution >= 0.6 is 11.3 Å². The van der Waals surface area contributed by atoms with Gasteiger partial charge < -0.3 is 36.4 Å². The molecule has 0 spiro atoms. The summed E-state index contributed by atoms with van der Waals surface area (Å²) in [5, 5.41) is 27.3. The minimum atomic E-state index is -0.874. The SMILES string of the molecule is Cc1ncsc1-c1ccc(CNC(=O)C2CCCN2C(=O)C(NC(=O)CCC(=O)NC23CC2(CCOc2cc(-c4ccccc4O)nnc2N)C3)C(C)(C)C)cc1. The number of hydrogen-bond acceptors (Lipinski definition) is 11. The molecule has 1 aliphatic heterocycles. The quantitative estimate of drug-likeness (QED) is 0.110. The molecule has 2 aromatic carbocycles. The number of aromatic nitrogens is 3. The Morgan fingerprint density at radius 1 is 1.05 bits per heavy atom. The van der Waals surface area contributed by atoms with Crippen LogP contribution in [0.3, 0.4) is 0 Å². The van der Waals surface area contributed by atoms with Crippen molar-refractivity contribution in [2.24, 2.45) is 10.8 Å². The lowest BCUT2D eigenvalue weighted by atomic mass is 9.85. The normalized spacial score (nSPS) is 21.3. The zero-order valence-electron chi connectivity index (χ0n) is 32.8. The van der Waals surface area contributed by atoms with Gasteiger partial charge in [0, 0.05) is 48.5 Å². The van der Waals surface area contributed by atoms with Crippen molar-refractivity contribution in [3.8, 4) is 33.2 Å². The zero-order chi connectivity index (χ0) is 40.5. The molecule has 6 N–H and O–H groups in total. The van der Waals surface area contributed by atoms with Crippen LogP contribution in [-0.2, 0) is 25.7 Å². The van der Waals surface area contributed by atoms with Crippen LogP contribution in [0.15, 0.2) is 60.1 Å². The number of phenolic OH excluding ortho intramolecular Hbond substituents is 1. The summed E-state index contributed by atoms with van der Waals surface area (Å²) >= 11 is 1.59. The third-order valence-electron chi connectivity index (χ3n) is 11.5. The molecule has 57 heavy (non-hydrogen) atoms. The van der Waals surface area contributed by atoms with E-state index >= 15 is 0 Å². The summed E-state index contributed by atoms with van der Waals surface area (Å²) in [5.74, 6) is -0.548. The van der Waals surface area contributed by atoms with Crippen LogP contribution in [0, 0.1) is 17.8 Å². The summed E-state index contributed by atoms with van der Waals surface area (Å²) in [4.78, 5) is 60.6. The van der Waals surface area contributed by atoms with E-state index in [0.29, 0.717) is 56.0 Å². The highest BCUT2D eigenvalue weighted by Gasteiger charge is 2.83. The van der Waals surface area contributed by atoms with Gasteiger partial charge in [-0.3, -0.25) is 19.2 Å². The van der Waals surface area contributed by atoms with E-state index in [0.717, 1.165) is 34.5 Å². The molecule has 3 aliphatic rings. The summed E-state index contributed by atoms with van der Waals surface area (Å²) in [6.45, 7) is 8.72. The van der Waals surface area contributed by atoms with Crippen molar-refractivity contribution in [3.05, 3.63) is 71.4 Å². The van der Waals surface area contributed by atoms with Crippen LogP contribution in [0.4, 0.5) is 5.82 Å². The molecule has 14 nitrogen and oxygen atoms in total. The second-order valence-corrected chi connectivity index (χ2v) is 17.5. The first-order valence-corrected chi connectivity index (χ1v) is 20.3. The van der Waals surface area contributed by atoms with Crippen molar-refractivity contribution in [2.75, 3.05) is 18.9 Å². The van der Waals surface area contributed by atoms with Gasteiger partial charge in [-0.2, -0.15) is 0 Å². The van der Waals surface area contributed by atoms with E-state index in [4.69, 9.17) is 10.5 Å². The lowest BCUT2D eigenvalue weighted by molar-refractivity contribution is -0.144. The first-order valence-electron chi connectivity index (χ1n) is 19.4. The summed E-state index contributed by atoms with van der Waals surface area (Å²) in [7, 11) is 0. The molecule has 0 radical (unpaired) electrons. The van der Waals surface area contributed by atoms with E-state index in [9.17, 15) is 24.3 Å². The van der Waals surface area contributed by atoms with Gasteiger partial charge in [-0.1, -0.05) is 57.2 Å². The number of nitrogen functional groups attached to an aromatic ring is 1. The largest absolute Gasteiger partial charge is 0.507 e. The lowest BCUT2D eigenvalue weighted by Gasteiger charge is -2.35. The van der Waals surface area contributed by atoms with E-state index in [-0.39, 0.29) is 53.1 Å². The molecule has 2 saturated carbocycles. The molecule has 2 atom stereocenters. The highest BCUT2D eigenvalue weighted by atomic mass is 32.1. The molecule has 2 aromatic heterocycles. The second-order valence-electron chi connectivity index (χ2n) is 16.6. The van der Waals surface area contributed by atoms with Crippen LogP contribution in [0.2, 0.25) is 0 Å². The minimum Gasteiger partial charge on any atom is -0.507 e. The first-order chi connectivity index (χ1) is 27.2. The van der Waals surface area contributed by atoms with Crippen molar-refractivity contribution in [1.29, 1.82) is 0 Å². The number of anilines is 1. The van der Waals surface area contributed by atoms with Crippen molar-refractivity contribution in [2.45, 2.75) is 96.8 Å². The van der Waals surface area contributed by atoms with Gasteiger partial charge in [-0.15, -0.1) is 21.5 Å². The van der Waals surface area contributed by atoms with Gasteiger partial charge in [0.05, 0.1) is 22.7 Å². The maximum atomic E-state index is 14.0. The topological polar surface area (TPSA) is 202 Å². The highest BCUT2D eigenvalue weighted by molar-refractivity contribution is 7.13. The number of para-hydroxylation sites is 1. The molecule has 2 aliphatic carbocycles. The van der Waals surface area contributed by atoms with Gasteiger partial charge in [0.1, 0.15) is 23.5 Å². The van der Waals surface area contributed by atoms with Crippen LogP contribution in [0.5, 0.6) is 11.5 Å². The van der Waals surface area contributed by atoms with Gasteiger partial charge in [0.25, 0.3) is 0 Å². The number of hydrogen-bond donors (Lipinski definition) is 5. The number of benzene rings is 2. The van der Waals surface area contributed by atoms with Crippen LogP contribution < -0.4 is 26.4 Å². The number of rotatable bonds is 15. The fourth-order valence-corrected chi connectivity index (χ4v) is 8.71. The fraction of sp³-hybridized carbons (Fsp3) is 0.452. The number of nitrogens with two attached hydrogens (primary N) is 1. The van der Waals surface area contributed by atoms with E-state index in [1.165, 1.54) is 0 Å².